The van der Waals surface area contributed by atoms with Crippen molar-refractivity contribution in [1.82, 2.24) is 9.78 Å². The summed E-state index contributed by atoms with van der Waals surface area (Å²) in [5.74, 6) is -0.733. The first-order valence-electron chi connectivity index (χ1n) is 9.45. The molecule has 0 spiro atoms. The van der Waals surface area contributed by atoms with Gasteiger partial charge in [-0.2, -0.15) is 9.78 Å². The molecule has 1 N–H and O–H groups in total. The van der Waals surface area contributed by atoms with Crippen molar-refractivity contribution in [3.8, 4) is 17.2 Å². The minimum atomic E-state index is -0.766. The number of nitrogens with one attached hydrogen (secondary N) is 1. The van der Waals surface area contributed by atoms with Crippen LogP contribution < -0.4 is 20.3 Å². The lowest BCUT2D eigenvalue weighted by molar-refractivity contribution is -0.118. The van der Waals surface area contributed by atoms with Crippen molar-refractivity contribution < 1.29 is 23.8 Å². The highest BCUT2D eigenvalue weighted by molar-refractivity contribution is 5.93. The molecule has 1 heterocycles. The van der Waals surface area contributed by atoms with Crippen LogP contribution in [-0.2, 0) is 9.53 Å². The summed E-state index contributed by atoms with van der Waals surface area (Å²) < 4.78 is 16.6. The second kappa shape index (κ2) is 10.1. The van der Waals surface area contributed by atoms with Crippen LogP contribution in [0.1, 0.15) is 17.4 Å². The van der Waals surface area contributed by atoms with Crippen LogP contribution in [-0.4, -0.2) is 42.0 Å². The summed E-state index contributed by atoms with van der Waals surface area (Å²) in [4.78, 5) is 37.1. The van der Waals surface area contributed by atoms with E-state index in [4.69, 9.17) is 14.2 Å². The summed E-state index contributed by atoms with van der Waals surface area (Å²) in [7, 11) is 1.54. The van der Waals surface area contributed by atoms with E-state index in [0.717, 1.165) is 10.7 Å². The number of esters is 1. The lowest BCUT2D eigenvalue weighted by atomic mass is 10.3. The van der Waals surface area contributed by atoms with Crippen molar-refractivity contribution in [2.45, 2.75) is 6.92 Å². The molecule has 9 heteroatoms. The van der Waals surface area contributed by atoms with Gasteiger partial charge in [-0.25, -0.2) is 4.79 Å². The van der Waals surface area contributed by atoms with Crippen LogP contribution in [0.4, 0.5) is 5.69 Å². The van der Waals surface area contributed by atoms with Crippen LogP contribution in [0.3, 0.4) is 0 Å². The van der Waals surface area contributed by atoms with Gasteiger partial charge in [0.05, 0.1) is 25.5 Å². The number of carbonyl (C=O) groups excluding carboxylic acids is 2. The Morgan fingerprint density at radius 3 is 2.42 bits per heavy atom. The van der Waals surface area contributed by atoms with Crippen molar-refractivity contribution in [2.24, 2.45) is 0 Å². The molecule has 3 aromatic rings. The Balaban J connectivity index is 1.80. The van der Waals surface area contributed by atoms with Crippen molar-refractivity contribution in [2.75, 3.05) is 25.6 Å². The zero-order valence-corrected chi connectivity index (χ0v) is 17.0. The van der Waals surface area contributed by atoms with Crippen LogP contribution in [0.15, 0.2) is 65.5 Å². The maximum atomic E-state index is 12.5. The molecular weight excluding hydrogens is 402 g/mol. The molecule has 0 radical (unpaired) electrons. The first-order chi connectivity index (χ1) is 15.0. The molecule has 9 nitrogen and oxygen atoms in total. The summed E-state index contributed by atoms with van der Waals surface area (Å²) in [5.41, 5.74) is 0.284. The summed E-state index contributed by atoms with van der Waals surface area (Å²) in [5, 5.41) is 6.75. The van der Waals surface area contributed by atoms with Crippen LogP contribution >= 0.6 is 0 Å². The number of methoxy groups -OCH3 is 1. The molecule has 2 aromatic carbocycles. The van der Waals surface area contributed by atoms with E-state index in [0.29, 0.717) is 17.1 Å². The fourth-order valence-electron chi connectivity index (χ4n) is 2.66. The van der Waals surface area contributed by atoms with Gasteiger partial charge in [-0.15, -0.1) is 0 Å². The highest BCUT2D eigenvalue weighted by Gasteiger charge is 2.20. The third-order valence-corrected chi connectivity index (χ3v) is 4.10. The Labute approximate surface area is 178 Å². The van der Waals surface area contributed by atoms with Gasteiger partial charge in [0, 0.05) is 5.69 Å². The number of aromatic nitrogens is 2. The van der Waals surface area contributed by atoms with Gasteiger partial charge < -0.3 is 19.5 Å². The standard InChI is InChI=1S/C22H21N3O6/c1-3-30-22(28)21-18(13-20(27)25(24-21)16-7-5-4-6-8-16)31-14-19(26)23-15-9-11-17(29-2)12-10-15/h4-13H,3,14H2,1-2H3,(H,23,26). The van der Waals surface area contributed by atoms with E-state index < -0.39 is 24.0 Å². The molecule has 3 rings (SSSR count). The van der Waals surface area contributed by atoms with Gasteiger partial charge >= 0.3 is 5.97 Å². The number of para-hydroxylation sites is 1. The Hall–Kier alpha value is -4.14. The molecule has 1 aromatic heterocycles. The molecule has 0 bridgehead atoms. The first kappa shape index (κ1) is 21.6. The van der Waals surface area contributed by atoms with E-state index in [1.165, 1.54) is 0 Å². The fraction of sp³-hybridized carbons (Fsp3) is 0.182. The molecule has 0 saturated carbocycles. The van der Waals surface area contributed by atoms with Gasteiger partial charge in [-0.05, 0) is 43.3 Å². The summed E-state index contributed by atoms with van der Waals surface area (Å²) >= 11 is 0. The molecule has 0 atom stereocenters. The summed E-state index contributed by atoms with van der Waals surface area (Å²) in [6.45, 7) is 1.32. The molecule has 31 heavy (non-hydrogen) atoms. The number of ether oxygens (including phenoxy) is 3. The molecule has 0 aliphatic rings. The highest BCUT2D eigenvalue weighted by atomic mass is 16.5. The summed E-state index contributed by atoms with van der Waals surface area (Å²) in [6, 6.07) is 16.4. The lowest BCUT2D eigenvalue weighted by Crippen LogP contribution is -2.27. The van der Waals surface area contributed by atoms with E-state index in [1.54, 1.807) is 68.6 Å². The Morgan fingerprint density at radius 2 is 1.77 bits per heavy atom. The lowest BCUT2D eigenvalue weighted by Gasteiger charge is -2.12. The summed E-state index contributed by atoms with van der Waals surface area (Å²) in [6.07, 6.45) is 0. The number of amides is 1. The van der Waals surface area contributed by atoms with Crippen molar-refractivity contribution in [3.05, 3.63) is 76.7 Å². The molecule has 0 unspecified atom stereocenters. The van der Waals surface area contributed by atoms with Crippen LogP contribution in [0.2, 0.25) is 0 Å². The molecule has 0 aliphatic carbocycles. The average molecular weight is 423 g/mol. The van der Waals surface area contributed by atoms with Crippen molar-refractivity contribution >= 4 is 17.6 Å². The van der Waals surface area contributed by atoms with Gasteiger partial charge in [-0.1, -0.05) is 18.2 Å². The molecule has 0 fully saturated rings. The van der Waals surface area contributed by atoms with Crippen molar-refractivity contribution in [1.29, 1.82) is 0 Å². The second-order valence-corrected chi connectivity index (χ2v) is 6.23. The number of hydrogen-bond donors (Lipinski definition) is 1. The van der Waals surface area contributed by atoms with Gasteiger partial charge in [0.25, 0.3) is 11.5 Å². The van der Waals surface area contributed by atoms with Crippen LogP contribution in [0, 0.1) is 0 Å². The van der Waals surface area contributed by atoms with Gasteiger partial charge in [-0.3, -0.25) is 9.59 Å². The number of rotatable bonds is 8. The number of nitrogens with zero attached hydrogens (tertiary/aromatic N) is 2. The van der Waals surface area contributed by atoms with Crippen LogP contribution in [0.25, 0.3) is 5.69 Å². The first-order valence-corrected chi connectivity index (χ1v) is 9.45. The maximum absolute atomic E-state index is 12.5. The Morgan fingerprint density at radius 1 is 1.06 bits per heavy atom. The van der Waals surface area contributed by atoms with Crippen molar-refractivity contribution in [3.63, 3.8) is 0 Å². The maximum Gasteiger partial charge on any atom is 0.362 e. The van der Waals surface area contributed by atoms with Gasteiger partial charge in [0.2, 0.25) is 5.69 Å². The monoisotopic (exact) mass is 423 g/mol. The average Bonchev–Trinajstić information content (AvgIpc) is 2.79. The fourth-order valence-corrected chi connectivity index (χ4v) is 2.66. The predicted molar refractivity (Wildman–Crippen MR) is 113 cm³/mol. The molecule has 1 amide bonds. The van der Waals surface area contributed by atoms with E-state index >= 15 is 0 Å². The Bertz CT molecular complexity index is 1110. The van der Waals surface area contributed by atoms with E-state index in [1.807, 2.05) is 0 Å². The second-order valence-electron chi connectivity index (χ2n) is 6.23. The van der Waals surface area contributed by atoms with Gasteiger partial charge in [0.15, 0.2) is 12.4 Å². The quantitative estimate of drug-likeness (QED) is 0.554. The highest BCUT2D eigenvalue weighted by Crippen LogP contribution is 2.17. The van der Waals surface area contributed by atoms with E-state index in [-0.39, 0.29) is 18.1 Å². The normalized spacial score (nSPS) is 10.3. The number of carbonyl (C=O) groups is 2. The number of benzene rings is 2. The molecule has 0 saturated heterocycles. The van der Waals surface area contributed by atoms with E-state index in [9.17, 15) is 14.4 Å². The SMILES string of the molecule is CCOC(=O)c1nn(-c2ccccc2)c(=O)cc1OCC(=O)Nc1ccc(OC)cc1. The zero-order valence-electron chi connectivity index (χ0n) is 17.0. The number of hydrogen-bond acceptors (Lipinski definition) is 7. The smallest absolute Gasteiger partial charge is 0.362 e. The molecule has 0 aliphatic heterocycles. The predicted octanol–water partition coefficient (Wildman–Crippen LogP) is 2.44. The van der Waals surface area contributed by atoms with E-state index in [2.05, 4.69) is 10.4 Å². The third kappa shape index (κ3) is 5.47. The minimum Gasteiger partial charge on any atom is -0.497 e. The van der Waals surface area contributed by atoms with Crippen LogP contribution in [0.5, 0.6) is 11.5 Å². The molecule has 160 valence electrons. The topological polar surface area (TPSA) is 109 Å². The molecular formula is C22H21N3O6. The minimum absolute atomic E-state index is 0.113. The zero-order chi connectivity index (χ0) is 22.2. The number of anilines is 1. The largest absolute Gasteiger partial charge is 0.497 e. The van der Waals surface area contributed by atoms with Gasteiger partial charge in [0.1, 0.15) is 5.75 Å². The third-order valence-electron chi connectivity index (χ3n) is 4.10. The Kier molecular flexibility index (Phi) is 7.00.